The first-order valence-electron chi connectivity index (χ1n) is 6.92. The third-order valence-corrected chi connectivity index (χ3v) is 3.48. The Morgan fingerprint density at radius 1 is 1.25 bits per heavy atom. The molecular weight excluding hydrogens is 323 g/mol. The molecule has 2 aromatic heterocycles. The van der Waals surface area contributed by atoms with Crippen molar-refractivity contribution in [1.29, 1.82) is 0 Å². The average Bonchev–Trinajstić information content (AvgIpc) is 2.96. The van der Waals surface area contributed by atoms with Crippen molar-refractivity contribution < 1.29 is 22.7 Å². The highest BCUT2D eigenvalue weighted by Gasteiger charge is 2.35. The number of rotatable bonds is 2. The van der Waals surface area contributed by atoms with Crippen molar-refractivity contribution >= 4 is 16.9 Å². The summed E-state index contributed by atoms with van der Waals surface area (Å²) in [7, 11) is 1.11. The van der Waals surface area contributed by atoms with Crippen LogP contribution in [0.5, 0.6) is 0 Å². The van der Waals surface area contributed by atoms with Gasteiger partial charge in [-0.25, -0.2) is 14.5 Å². The number of methoxy groups -OCH3 is 1. The Kier molecular flexibility index (Phi) is 3.75. The number of esters is 1. The Morgan fingerprint density at radius 2 is 2.00 bits per heavy atom. The molecule has 0 N–H and O–H groups in total. The second-order valence-corrected chi connectivity index (χ2v) is 5.14. The molecule has 2 heterocycles. The molecule has 0 radical (unpaired) electrons. The van der Waals surface area contributed by atoms with Crippen LogP contribution in [0.1, 0.15) is 21.6 Å². The van der Waals surface area contributed by atoms with Gasteiger partial charge >= 0.3 is 12.1 Å². The second-order valence-electron chi connectivity index (χ2n) is 5.14. The Morgan fingerprint density at radius 3 is 2.62 bits per heavy atom. The molecule has 0 aliphatic rings. The van der Waals surface area contributed by atoms with Gasteiger partial charge in [0.2, 0.25) is 0 Å². The summed E-state index contributed by atoms with van der Waals surface area (Å²) >= 11 is 0. The number of benzene rings is 1. The van der Waals surface area contributed by atoms with Crippen LogP contribution in [0.15, 0.2) is 36.5 Å². The SMILES string of the molecule is COC(=O)c1cc(C(F)(F)F)c2c(cnn2-c2cccc(C)n2)c1. The normalized spacial score (nSPS) is 11.7. The lowest BCUT2D eigenvalue weighted by Gasteiger charge is -2.12. The quantitative estimate of drug-likeness (QED) is 0.672. The van der Waals surface area contributed by atoms with Gasteiger partial charge in [-0.15, -0.1) is 0 Å². The summed E-state index contributed by atoms with van der Waals surface area (Å²) < 4.78 is 46.1. The number of hydrogen-bond acceptors (Lipinski definition) is 4. The number of nitrogens with zero attached hydrogens (tertiary/aromatic N) is 3. The number of carbonyl (C=O) groups is 1. The fourth-order valence-electron chi connectivity index (χ4n) is 2.44. The van der Waals surface area contributed by atoms with E-state index in [0.717, 1.165) is 17.9 Å². The van der Waals surface area contributed by atoms with E-state index in [1.54, 1.807) is 25.1 Å². The minimum absolute atomic E-state index is 0.159. The molecule has 0 aliphatic carbocycles. The molecule has 24 heavy (non-hydrogen) atoms. The van der Waals surface area contributed by atoms with Gasteiger partial charge in [0.1, 0.15) is 0 Å². The number of halogens is 3. The number of aryl methyl sites for hydroxylation is 1. The van der Waals surface area contributed by atoms with E-state index in [4.69, 9.17) is 0 Å². The summed E-state index contributed by atoms with van der Waals surface area (Å²) in [5, 5.41) is 4.18. The molecule has 0 fully saturated rings. The second kappa shape index (κ2) is 5.63. The lowest BCUT2D eigenvalue weighted by Crippen LogP contribution is -2.12. The number of alkyl halides is 3. The monoisotopic (exact) mass is 335 g/mol. The van der Waals surface area contributed by atoms with E-state index in [1.165, 1.54) is 12.3 Å². The first-order chi connectivity index (χ1) is 11.3. The molecule has 5 nitrogen and oxygen atoms in total. The zero-order valence-electron chi connectivity index (χ0n) is 12.8. The molecular formula is C16H12F3N3O2. The first-order valence-corrected chi connectivity index (χ1v) is 6.92. The highest BCUT2D eigenvalue weighted by Crippen LogP contribution is 2.36. The minimum Gasteiger partial charge on any atom is -0.465 e. The summed E-state index contributed by atoms with van der Waals surface area (Å²) in [6.45, 7) is 1.73. The number of aromatic nitrogens is 3. The van der Waals surface area contributed by atoms with Gasteiger partial charge in [0.25, 0.3) is 0 Å². The lowest BCUT2D eigenvalue weighted by atomic mass is 10.1. The van der Waals surface area contributed by atoms with Crippen LogP contribution in [0.4, 0.5) is 13.2 Å². The molecule has 0 atom stereocenters. The van der Waals surface area contributed by atoms with Crippen LogP contribution in [0.25, 0.3) is 16.7 Å². The minimum atomic E-state index is -4.66. The van der Waals surface area contributed by atoms with Crippen molar-refractivity contribution in [1.82, 2.24) is 14.8 Å². The number of carbonyl (C=O) groups excluding carboxylic acids is 1. The first kappa shape index (κ1) is 16.0. The largest absolute Gasteiger partial charge is 0.465 e. The molecule has 0 saturated heterocycles. The van der Waals surface area contributed by atoms with Gasteiger partial charge in [0, 0.05) is 11.1 Å². The molecule has 124 valence electrons. The molecule has 3 aromatic rings. The summed E-state index contributed by atoms with van der Waals surface area (Å²) in [5.74, 6) is -0.579. The van der Waals surface area contributed by atoms with Gasteiger partial charge < -0.3 is 4.74 Å². The fraction of sp³-hybridized carbons (Fsp3) is 0.188. The number of pyridine rings is 1. The van der Waals surface area contributed by atoms with Gasteiger partial charge in [-0.05, 0) is 31.2 Å². The lowest BCUT2D eigenvalue weighted by molar-refractivity contribution is -0.136. The van der Waals surface area contributed by atoms with Crippen LogP contribution in [0.3, 0.4) is 0 Å². The molecule has 1 aromatic carbocycles. The van der Waals surface area contributed by atoms with Gasteiger partial charge in [-0.2, -0.15) is 18.3 Å². The zero-order chi connectivity index (χ0) is 17.5. The Balaban J connectivity index is 2.33. The standard InChI is InChI=1S/C16H12F3N3O2/c1-9-4-3-5-13(21-9)22-14-11(8-20-22)6-10(15(23)24-2)7-12(14)16(17,18)19/h3-8H,1-2H3. The molecule has 0 spiro atoms. The predicted molar refractivity (Wildman–Crippen MR) is 79.9 cm³/mol. The van der Waals surface area contributed by atoms with Crippen molar-refractivity contribution in [3.8, 4) is 5.82 Å². The summed E-state index contributed by atoms with van der Waals surface area (Å²) in [6.07, 6.45) is -3.40. The van der Waals surface area contributed by atoms with Gasteiger partial charge in [0.15, 0.2) is 5.82 Å². The molecule has 0 aliphatic heterocycles. The highest BCUT2D eigenvalue weighted by molar-refractivity contribution is 5.96. The van der Waals surface area contributed by atoms with Crippen molar-refractivity contribution in [2.75, 3.05) is 7.11 Å². The number of ether oxygens (including phenoxy) is 1. The number of hydrogen-bond donors (Lipinski definition) is 0. The van der Waals surface area contributed by atoms with Gasteiger partial charge in [-0.3, -0.25) is 0 Å². The van der Waals surface area contributed by atoms with Crippen LogP contribution in [-0.2, 0) is 10.9 Å². The van der Waals surface area contributed by atoms with Crippen molar-refractivity contribution in [3.63, 3.8) is 0 Å². The van der Waals surface area contributed by atoms with E-state index >= 15 is 0 Å². The molecule has 0 bridgehead atoms. The maximum Gasteiger partial charge on any atom is 0.418 e. The molecule has 0 amide bonds. The molecule has 8 heteroatoms. The Hall–Kier alpha value is -2.90. The molecule has 0 unspecified atom stereocenters. The fourth-order valence-corrected chi connectivity index (χ4v) is 2.44. The average molecular weight is 335 g/mol. The van der Waals surface area contributed by atoms with Crippen LogP contribution < -0.4 is 0 Å². The van der Waals surface area contributed by atoms with E-state index in [0.29, 0.717) is 5.69 Å². The number of fused-ring (bicyclic) bond motifs is 1. The molecule has 3 rings (SSSR count). The summed E-state index contributed by atoms with van der Waals surface area (Å²) in [5.41, 5.74) is -0.667. The third kappa shape index (κ3) is 2.70. The van der Waals surface area contributed by atoms with Crippen molar-refractivity contribution in [3.05, 3.63) is 53.3 Å². The zero-order valence-corrected chi connectivity index (χ0v) is 12.8. The van der Waals surface area contributed by atoms with Crippen LogP contribution >= 0.6 is 0 Å². The van der Waals surface area contributed by atoms with E-state index < -0.39 is 17.7 Å². The Labute approximate surface area is 134 Å². The predicted octanol–water partition coefficient (Wildman–Crippen LogP) is 3.53. The van der Waals surface area contributed by atoms with E-state index in [-0.39, 0.29) is 22.3 Å². The maximum atomic E-state index is 13.5. The highest BCUT2D eigenvalue weighted by atomic mass is 19.4. The van der Waals surface area contributed by atoms with Crippen LogP contribution in [-0.4, -0.2) is 27.8 Å². The Bertz CT molecular complexity index is 932. The van der Waals surface area contributed by atoms with E-state index in [1.807, 2.05) is 0 Å². The van der Waals surface area contributed by atoms with Crippen molar-refractivity contribution in [2.24, 2.45) is 0 Å². The van der Waals surface area contributed by atoms with E-state index in [2.05, 4.69) is 14.8 Å². The third-order valence-electron chi connectivity index (χ3n) is 3.48. The van der Waals surface area contributed by atoms with Gasteiger partial charge in [-0.1, -0.05) is 6.07 Å². The van der Waals surface area contributed by atoms with Crippen LogP contribution in [0, 0.1) is 6.92 Å². The summed E-state index contributed by atoms with van der Waals surface area (Å²) in [6, 6.07) is 7.06. The van der Waals surface area contributed by atoms with Crippen molar-refractivity contribution in [2.45, 2.75) is 13.1 Å². The smallest absolute Gasteiger partial charge is 0.418 e. The molecule has 0 saturated carbocycles. The maximum absolute atomic E-state index is 13.5. The van der Waals surface area contributed by atoms with Gasteiger partial charge in [0.05, 0.1) is 30.0 Å². The van der Waals surface area contributed by atoms with E-state index in [9.17, 15) is 18.0 Å². The summed E-state index contributed by atoms with van der Waals surface area (Å²) in [4.78, 5) is 15.8. The topological polar surface area (TPSA) is 57.0 Å². The van der Waals surface area contributed by atoms with Crippen LogP contribution in [0.2, 0.25) is 0 Å².